The number of hydrogen-bond donors (Lipinski definition) is 0. The van der Waals surface area contributed by atoms with Crippen molar-refractivity contribution in [3.8, 4) is 0 Å². The van der Waals surface area contributed by atoms with Crippen molar-refractivity contribution >= 4 is 0 Å². The topological polar surface area (TPSA) is 9.23 Å². The first-order valence-corrected chi connectivity index (χ1v) is 4.61. The van der Waals surface area contributed by atoms with Gasteiger partial charge in [-0.05, 0) is 18.8 Å². The van der Waals surface area contributed by atoms with Crippen LogP contribution in [0.3, 0.4) is 0 Å². The Bertz CT molecular complexity index is 78.9. The zero-order valence-corrected chi connectivity index (χ0v) is 8.10. The molecule has 0 amide bonds. The van der Waals surface area contributed by atoms with Crippen molar-refractivity contribution in [3.05, 3.63) is 6.92 Å². The van der Waals surface area contributed by atoms with Gasteiger partial charge in [-0.2, -0.15) is 0 Å². The summed E-state index contributed by atoms with van der Waals surface area (Å²) in [6.45, 7) is 11.3. The Morgan fingerprint density at radius 2 is 2.00 bits per heavy atom. The minimum atomic E-state index is 0.391. The van der Waals surface area contributed by atoms with Gasteiger partial charge in [0, 0.05) is 6.61 Å². The molecule has 0 heterocycles. The molecule has 0 aliphatic carbocycles. The van der Waals surface area contributed by atoms with Crippen LogP contribution in [0.5, 0.6) is 0 Å². The van der Waals surface area contributed by atoms with Crippen LogP contribution in [-0.2, 0) is 4.74 Å². The van der Waals surface area contributed by atoms with Gasteiger partial charge in [-0.15, -0.1) is 0 Å². The quantitative estimate of drug-likeness (QED) is 0.576. The maximum atomic E-state index is 5.63. The van der Waals surface area contributed by atoms with E-state index in [1.807, 2.05) is 0 Å². The van der Waals surface area contributed by atoms with E-state index in [9.17, 15) is 0 Å². The zero-order valence-electron chi connectivity index (χ0n) is 8.10. The van der Waals surface area contributed by atoms with Gasteiger partial charge >= 0.3 is 0 Å². The number of rotatable bonds is 6. The van der Waals surface area contributed by atoms with Crippen LogP contribution in [0.4, 0.5) is 0 Å². The van der Waals surface area contributed by atoms with Gasteiger partial charge in [-0.1, -0.05) is 34.1 Å². The van der Waals surface area contributed by atoms with Crippen LogP contribution < -0.4 is 0 Å². The van der Waals surface area contributed by atoms with Crippen molar-refractivity contribution in [2.45, 2.75) is 46.1 Å². The van der Waals surface area contributed by atoms with E-state index in [1.54, 1.807) is 0 Å². The molecular formula is C10H21O. The summed E-state index contributed by atoms with van der Waals surface area (Å²) in [5.74, 6) is 0.640. The number of hydrogen-bond acceptors (Lipinski definition) is 1. The van der Waals surface area contributed by atoms with E-state index in [0.29, 0.717) is 12.0 Å². The van der Waals surface area contributed by atoms with Crippen LogP contribution in [0.25, 0.3) is 0 Å². The highest BCUT2D eigenvalue weighted by molar-refractivity contribution is 4.58. The lowest BCUT2D eigenvalue weighted by Crippen LogP contribution is -2.14. The summed E-state index contributed by atoms with van der Waals surface area (Å²) in [5, 5.41) is 0. The standard InChI is InChI=1S/C10H21O/c1-5-7-10(6-2)11-8-9(3)4/h9-10H,2,5-8H2,1,3-4H3. The van der Waals surface area contributed by atoms with Crippen molar-refractivity contribution in [1.82, 2.24) is 0 Å². The minimum Gasteiger partial charge on any atom is -0.378 e. The van der Waals surface area contributed by atoms with E-state index in [1.165, 1.54) is 6.42 Å². The zero-order chi connectivity index (χ0) is 8.69. The molecule has 1 heteroatoms. The normalized spacial score (nSPS) is 13.9. The van der Waals surface area contributed by atoms with Crippen LogP contribution in [0.1, 0.15) is 40.0 Å². The molecule has 11 heavy (non-hydrogen) atoms. The highest BCUT2D eigenvalue weighted by Crippen LogP contribution is 2.07. The predicted octanol–water partition coefficient (Wildman–Crippen LogP) is 3.05. The Morgan fingerprint density at radius 3 is 2.36 bits per heavy atom. The Labute approximate surface area is 71.1 Å². The van der Waals surface area contributed by atoms with E-state index in [-0.39, 0.29) is 0 Å². The van der Waals surface area contributed by atoms with Crippen molar-refractivity contribution in [3.63, 3.8) is 0 Å². The molecule has 0 fully saturated rings. The Hall–Kier alpha value is -0.0400. The van der Waals surface area contributed by atoms with Crippen molar-refractivity contribution in [1.29, 1.82) is 0 Å². The lowest BCUT2D eigenvalue weighted by atomic mass is 10.1. The fourth-order valence-corrected chi connectivity index (χ4v) is 0.962. The van der Waals surface area contributed by atoms with Crippen molar-refractivity contribution < 1.29 is 4.74 Å². The van der Waals surface area contributed by atoms with E-state index >= 15 is 0 Å². The second-order valence-corrected chi connectivity index (χ2v) is 3.43. The first kappa shape index (κ1) is 11.0. The highest BCUT2D eigenvalue weighted by Gasteiger charge is 2.05. The predicted molar refractivity (Wildman–Crippen MR) is 49.5 cm³/mol. The van der Waals surface area contributed by atoms with Gasteiger partial charge < -0.3 is 4.74 Å². The monoisotopic (exact) mass is 157 g/mol. The molecule has 0 aliphatic heterocycles. The Morgan fingerprint density at radius 1 is 1.36 bits per heavy atom. The molecular weight excluding hydrogens is 136 g/mol. The average Bonchev–Trinajstić information content (AvgIpc) is 1.97. The van der Waals surface area contributed by atoms with Gasteiger partial charge in [0.1, 0.15) is 0 Å². The van der Waals surface area contributed by atoms with Gasteiger partial charge in [0.2, 0.25) is 0 Å². The third kappa shape index (κ3) is 6.36. The third-order valence-corrected chi connectivity index (χ3v) is 1.60. The molecule has 0 bridgehead atoms. The fourth-order valence-electron chi connectivity index (χ4n) is 0.962. The van der Waals surface area contributed by atoms with E-state index in [2.05, 4.69) is 27.7 Å². The summed E-state index contributed by atoms with van der Waals surface area (Å²) >= 11 is 0. The summed E-state index contributed by atoms with van der Waals surface area (Å²) in [6.07, 6.45) is 3.64. The first-order chi connectivity index (χ1) is 5.20. The molecule has 0 saturated heterocycles. The summed E-state index contributed by atoms with van der Waals surface area (Å²) < 4.78 is 5.63. The molecule has 0 aromatic carbocycles. The molecule has 0 N–H and O–H groups in total. The molecule has 1 atom stereocenters. The maximum absolute atomic E-state index is 5.63. The second kappa shape index (κ2) is 6.66. The van der Waals surface area contributed by atoms with E-state index < -0.39 is 0 Å². The molecule has 0 saturated carbocycles. The summed E-state index contributed by atoms with van der Waals surface area (Å²) in [4.78, 5) is 0. The first-order valence-electron chi connectivity index (χ1n) is 4.61. The van der Waals surface area contributed by atoms with E-state index in [0.717, 1.165) is 19.4 Å². The lowest BCUT2D eigenvalue weighted by molar-refractivity contribution is 0.0318. The van der Waals surface area contributed by atoms with Gasteiger partial charge in [0.25, 0.3) is 0 Å². The highest BCUT2D eigenvalue weighted by atomic mass is 16.5. The average molecular weight is 157 g/mol. The van der Waals surface area contributed by atoms with Crippen molar-refractivity contribution in [2.24, 2.45) is 5.92 Å². The van der Waals surface area contributed by atoms with Crippen LogP contribution in [-0.4, -0.2) is 12.7 Å². The molecule has 0 aromatic rings. The summed E-state index contributed by atoms with van der Waals surface area (Å²) in [7, 11) is 0. The molecule has 1 unspecified atom stereocenters. The summed E-state index contributed by atoms with van der Waals surface area (Å²) in [6, 6.07) is 0. The third-order valence-electron chi connectivity index (χ3n) is 1.60. The van der Waals surface area contributed by atoms with Gasteiger partial charge in [-0.25, -0.2) is 0 Å². The van der Waals surface area contributed by atoms with Crippen molar-refractivity contribution in [2.75, 3.05) is 6.61 Å². The smallest absolute Gasteiger partial charge is 0.0575 e. The van der Waals surface area contributed by atoms with Crippen LogP contribution in [0, 0.1) is 12.8 Å². The molecule has 1 nitrogen and oxygen atoms in total. The van der Waals surface area contributed by atoms with Gasteiger partial charge in [0.15, 0.2) is 0 Å². The Balaban J connectivity index is 3.35. The summed E-state index contributed by atoms with van der Waals surface area (Å²) in [5.41, 5.74) is 0. The Kier molecular flexibility index (Phi) is 6.63. The molecule has 0 spiro atoms. The van der Waals surface area contributed by atoms with E-state index in [4.69, 9.17) is 4.74 Å². The molecule has 0 aromatic heterocycles. The lowest BCUT2D eigenvalue weighted by Gasteiger charge is -2.16. The minimum absolute atomic E-state index is 0.391. The number of ether oxygens (including phenoxy) is 1. The van der Waals surface area contributed by atoms with Gasteiger partial charge in [-0.3, -0.25) is 0 Å². The molecule has 67 valence electrons. The molecule has 0 aliphatic rings. The SMILES string of the molecule is [CH2]CC(CCC)OCC(C)C. The van der Waals surface area contributed by atoms with Crippen LogP contribution in [0.2, 0.25) is 0 Å². The largest absolute Gasteiger partial charge is 0.378 e. The molecule has 1 radical (unpaired) electrons. The van der Waals surface area contributed by atoms with Crippen LogP contribution >= 0.6 is 0 Å². The maximum Gasteiger partial charge on any atom is 0.0575 e. The van der Waals surface area contributed by atoms with Crippen LogP contribution in [0.15, 0.2) is 0 Å². The second-order valence-electron chi connectivity index (χ2n) is 3.43. The molecule has 0 rings (SSSR count). The van der Waals surface area contributed by atoms with Gasteiger partial charge in [0.05, 0.1) is 6.10 Å². The fraction of sp³-hybridized carbons (Fsp3) is 0.900.